The lowest BCUT2D eigenvalue weighted by Crippen LogP contribution is -2.13. The molecule has 0 saturated heterocycles. The van der Waals surface area contributed by atoms with Crippen LogP contribution in [0, 0.1) is 11.3 Å². The molecule has 130 valence electrons. The van der Waals surface area contributed by atoms with E-state index < -0.39 is 5.91 Å². The Morgan fingerprint density at radius 3 is 2.88 bits per heavy atom. The molecule has 4 nitrogen and oxygen atoms in total. The fraction of sp³-hybridized carbons (Fsp3) is 0.0556. The van der Waals surface area contributed by atoms with E-state index in [1.54, 1.807) is 24.4 Å². The van der Waals surface area contributed by atoms with Gasteiger partial charge in [0.1, 0.15) is 11.6 Å². The Morgan fingerprint density at radius 1 is 1.35 bits per heavy atom. The van der Waals surface area contributed by atoms with Gasteiger partial charge in [0.15, 0.2) is 5.13 Å². The summed E-state index contributed by atoms with van der Waals surface area (Å²) in [4.78, 5) is 18.2. The minimum Gasteiger partial charge on any atom is -0.297 e. The third-order valence-corrected chi connectivity index (χ3v) is 5.67. The first-order valence-corrected chi connectivity index (χ1v) is 9.85. The van der Waals surface area contributed by atoms with Crippen molar-refractivity contribution in [2.45, 2.75) is 6.42 Å². The molecule has 26 heavy (non-hydrogen) atoms. The second kappa shape index (κ2) is 8.47. The Balaban J connectivity index is 1.70. The number of thiazole rings is 1. The van der Waals surface area contributed by atoms with Crippen LogP contribution < -0.4 is 5.32 Å². The maximum absolute atomic E-state index is 12.3. The third-order valence-electron chi connectivity index (χ3n) is 3.35. The van der Waals surface area contributed by atoms with Crippen LogP contribution in [-0.4, -0.2) is 10.9 Å². The molecule has 1 amide bonds. The normalized spacial score (nSPS) is 11.2. The van der Waals surface area contributed by atoms with Gasteiger partial charge in [-0.1, -0.05) is 35.3 Å². The standard InChI is InChI=1S/C18H11Cl2N3OS2/c19-13-4-3-11(16(20)8-13)6-15-10-22-18(26-15)23-17(24)12(9-21)7-14-2-1-5-25-14/h1-5,7-8,10H,6H2,(H,22,23,24)/b12-7-. The van der Waals surface area contributed by atoms with Crippen molar-refractivity contribution in [1.82, 2.24) is 4.98 Å². The quantitative estimate of drug-likeness (QED) is 0.429. The van der Waals surface area contributed by atoms with Crippen LogP contribution in [0.5, 0.6) is 0 Å². The van der Waals surface area contributed by atoms with E-state index in [0.717, 1.165) is 15.3 Å². The van der Waals surface area contributed by atoms with Gasteiger partial charge >= 0.3 is 0 Å². The molecule has 0 aliphatic heterocycles. The molecule has 1 N–H and O–H groups in total. The zero-order chi connectivity index (χ0) is 18.5. The predicted molar refractivity (Wildman–Crippen MR) is 108 cm³/mol. The third kappa shape index (κ3) is 4.71. The molecule has 0 bridgehead atoms. The first-order valence-electron chi connectivity index (χ1n) is 7.40. The smallest absolute Gasteiger partial charge is 0.268 e. The van der Waals surface area contributed by atoms with Crippen LogP contribution in [0.4, 0.5) is 5.13 Å². The van der Waals surface area contributed by atoms with E-state index in [9.17, 15) is 10.1 Å². The number of benzene rings is 1. The van der Waals surface area contributed by atoms with Crippen LogP contribution in [0.2, 0.25) is 10.0 Å². The molecule has 2 aromatic heterocycles. The number of rotatable bonds is 5. The topological polar surface area (TPSA) is 65.8 Å². The summed E-state index contributed by atoms with van der Waals surface area (Å²) in [6.07, 6.45) is 3.82. The predicted octanol–water partition coefficient (Wildman–Crippen LogP) is 5.65. The van der Waals surface area contributed by atoms with Gasteiger partial charge in [0, 0.05) is 32.4 Å². The molecule has 0 unspecified atom stereocenters. The van der Waals surface area contributed by atoms with Crippen molar-refractivity contribution in [3.05, 3.63) is 72.8 Å². The average Bonchev–Trinajstić information content (AvgIpc) is 3.27. The highest BCUT2D eigenvalue weighted by Crippen LogP contribution is 2.27. The molecule has 2 heterocycles. The first-order chi connectivity index (χ1) is 12.5. The lowest BCUT2D eigenvalue weighted by atomic mass is 10.1. The number of anilines is 1. The van der Waals surface area contributed by atoms with Crippen molar-refractivity contribution in [3.8, 4) is 6.07 Å². The van der Waals surface area contributed by atoms with Crippen LogP contribution in [0.25, 0.3) is 6.08 Å². The number of hydrogen-bond donors (Lipinski definition) is 1. The van der Waals surface area contributed by atoms with Gasteiger partial charge in [-0.2, -0.15) is 5.26 Å². The molecule has 3 aromatic rings. The van der Waals surface area contributed by atoms with E-state index in [1.165, 1.54) is 22.7 Å². The molecule has 0 aliphatic carbocycles. The van der Waals surface area contributed by atoms with Gasteiger partial charge < -0.3 is 0 Å². The van der Waals surface area contributed by atoms with Crippen molar-refractivity contribution in [3.63, 3.8) is 0 Å². The van der Waals surface area contributed by atoms with Gasteiger partial charge in [0.05, 0.1) is 0 Å². The van der Waals surface area contributed by atoms with Crippen LogP contribution in [0.15, 0.2) is 47.5 Å². The van der Waals surface area contributed by atoms with Gasteiger partial charge in [0.2, 0.25) is 0 Å². The number of carbonyl (C=O) groups excluding carboxylic acids is 1. The number of thiophene rings is 1. The number of halogens is 2. The van der Waals surface area contributed by atoms with E-state index in [1.807, 2.05) is 29.6 Å². The molecular weight excluding hydrogens is 409 g/mol. The molecule has 8 heteroatoms. The Labute approximate surface area is 168 Å². The first kappa shape index (κ1) is 18.6. The number of aromatic nitrogens is 1. The van der Waals surface area contributed by atoms with Crippen LogP contribution in [0.1, 0.15) is 15.3 Å². The van der Waals surface area contributed by atoms with Gasteiger partial charge in [0.25, 0.3) is 5.91 Å². The monoisotopic (exact) mass is 419 g/mol. The zero-order valence-corrected chi connectivity index (χ0v) is 16.3. The summed E-state index contributed by atoms with van der Waals surface area (Å²) in [6.45, 7) is 0. The molecule has 0 fully saturated rings. The van der Waals surface area contributed by atoms with Crippen molar-refractivity contribution in [2.75, 3.05) is 5.32 Å². The molecular formula is C18H11Cl2N3OS2. The highest BCUT2D eigenvalue weighted by Gasteiger charge is 2.13. The van der Waals surface area contributed by atoms with E-state index in [-0.39, 0.29) is 5.57 Å². The van der Waals surface area contributed by atoms with Crippen LogP contribution in [0.3, 0.4) is 0 Å². The number of carbonyl (C=O) groups is 1. The van der Waals surface area contributed by atoms with E-state index in [2.05, 4.69) is 10.3 Å². The number of nitrogens with zero attached hydrogens (tertiary/aromatic N) is 2. The Kier molecular flexibility index (Phi) is 6.07. The summed E-state index contributed by atoms with van der Waals surface area (Å²) >= 11 is 14.9. The van der Waals surface area contributed by atoms with E-state index >= 15 is 0 Å². The van der Waals surface area contributed by atoms with Crippen LogP contribution in [-0.2, 0) is 11.2 Å². The van der Waals surface area contributed by atoms with Gasteiger partial charge in [-0.15, -0.1) is 22.7 Å². The molecule has 1 aromatic carbocycles. The largest absolute Gasteiger partial charge is 0.297 e. The summed E-state index contributed by atoms with van der Waals surface area (Å²) in [5.74, 6) is -0.480. The van der Waals surface area contributed by atoms with Crippen molar-refractivity contribution >= 4 is 63.0 Å². The zero-order valence-electron chi connectivity index (χ0n) is 13.2. The number of hydrogen-bond acceptors (Lipinski definition) is 5. The minimum absolute atomic E-state index is 0.0324. The summed E-state index contributed by atoms with van der Waals surface area (Å²) in [5, 5.41) is 15.4. The maximum atomic E-state index is 12.3. The number of nitrogens with one attached hydrogen (secondary N) is 1. The second-order valence-corrected chi connectivity index (χ2v) is 8.12. The van der Waals surface area contributed by atoms with Gasteiger partial charge in [-0.3, -0.25) is 10.1 Å². The molecule has 0 atom stereocenters. The average molecular weight is 420 g/mol. The van der Waals surface area contributed by atoms with Crippen molar-refractivity contribution in [1.29, 1.82) is 5.26 Å². The lowest BCUT2D eigenvalue weighted by Gasteiger charge is -2.02. The van der Waals surface area contributed by atoms with E-state index in [4.69, 9.17) is 23.2 Å². The second-order valence-electron chi connectivity index (χ2n) is 5.18. The van der Waals surface area contributed by atoms with E-state index in [0.29, 0.717) is 21.6 Å². The number of amides is 1. The highest BCUT2D eigenvalue weighted by molar-refractivity contribution is 7.15. The minimum atomic E-state index is -0.480. The lowest BCUT2D eigenvalue weighted by molar-refractivity contribution is -0.112. The highest BCUT2D eigenvalue weighted by atomic mass is 35.5. The van der Waals surface area contributed by atoms with Gasteiger partial charge in [-0.25, -0.2) is 4.98 Å². The van der Waals surface area contributed by atoms with Gasteiger partial charge in [-0.05, 0) is 35.2 Å². The molecule has 0 saturated carbocycles. The van der Waals surface area contributed by atoms with Crippen molar-refractivity contribution < 1.29 is 4.79 Å². The fourth-order valence-electron chi connectivity index (χ4n) is 2.13. The molecule has 0 radical (unpaired) electrons. The summed E-state index contributed by atoms with van der Waals surface area (Å²) in [6, 6.07) is 11.0. The fourth-order valence-corrected chi connectivity index (χ4v) is 4.09. The Hall–Kier alpha value is -2.17. The summed E-state index contributed by atoms with van der Waals surface area (Å²) < 4.78 is 0. The number of nitriles is 1. The van der Waals surface area contributed by atoms with Crippen molar-refractivity contribution in [2.24, 2.45) is 0 Å². The SMILES string of the molecule is N#C/C(=C/c1cccs1)C(=O)Nc1ncc(Cc2ccc(Cl)cc2Cl)s1. The Bertz CT molecular complexity index is 1000. The molecule has 3 rings (SSSR count). The maximum Gasteiger partial charge on any atom is 0.268 e. The summed E-state index contributed by atoms with van der Waals surface area (Å²) in [5.41, 5.74) is 0.956. The molecule has 0 spiro atoms. The Morgan fingerprint density at radius 2 is 2.19 bits per heavy atom. The summed E-state index contributed by atoms with van der Waals surface area (Å²) in [7, 11) is 0. The molecule has 0 aliphatic rings. The van der Waals surface area contributed by atoms with Crippen LogP contribution >= 0.6 is 45.9 Å².